The number of amides is 1. The molecular formula is C24H18BrN3O2. The Labute approximate surface area is 181 Å². The van der Waals surface area contributed by atoms with Crippen molar-refractivity contribution in [1.82, 2.24) is 9.55 Å². The summed E-state index contributed by atoms with van der Waals surface area (Å²) in [6.07, 6.45) is 0.340. The van der Waals surface area contributed by atoms with Crippen LogP contribution in [0.2, 0.25) is 0 Å². The number of carbonyl (C=O) groups excluding carboxylic acids is 1. The van der Waals surface area contributed by atoms with Crippen LogP contribution in [-0.2, 0) is 11.2 Å². The number of halogens is 1. The Morgan fingerprint density at radius 1 is 0.967 bits per heavy atom. The molecule has 3 aromatic carbocycles. The van der Waals surface area contributed by atoms with Gasteiger partial charge in [0.2, 0.25) is 5.91 Å². The first-order valence-electron chi connectivity index (χ1n) is 9.67. The second kappa shape index (κ2) is 7.22. The van der Waals surface area contributed by atoms with E-state index in [1.165, 1.54) is 0 Å². The summed E-state index contributed by atoms with van der Waals surface area (Å²) in [6.45, 7) is 0. The average Bonchev–Trinajstić information content (AvgIpc) is 2.99. The zero-order valence-corrected chi connectivity index (χ0v) is 17.8. The molecule has 0 bridgehead atoms. The minimum Gasteiger partial charge on any atom is -0.315 e. The molecule has 30 heavy (non-hydrogen) atoms. The monoisotopic (exact) mass is 459 g/mol. The van der Waals surface area contributed by atoms with Crippen LogP contribution >= 0.6 is 15.9 Å². The number of likely N-dealkylation sites (N-methyl/N-ethyl adjacent to an activating group) is 1. The number of aromatic nitrogens is 2. The molecule has 1 aromatic heterocycles. The fourth-order valence-corrected chi connectivity index (χ4v) is 4.48. The van der Waals surface area contributed by atoms with Gasteiger partial charge in [0.05, 0.1) is 22.5 Å². The van der Waals surface area contributed by atoms with E-state index in [0.29, 0.717) is 23.1 Å². The predicted molar refractivity (Wildman–Crippen MR) is 121 cm³/mol. The van der Waals surface area contributed by atoms with E-state index in [4.69, 9.17) is 4.98 Å². The summed E-state index contributed by atoms with van der Waals surface area (Å²) in [5.74, 6) is 0.193. The highest BCUT2D eigenvalue weighted by Crippen LogP contribution is 2.39. The molecule has 2 heterocycles. The highest BCUT2D eigenvalue weighted by Gasteiger charge is 2.36. The summed E-state index contributed by atoms with van der Waals surface area (Å²) in [5, 5.41) is 0.560. The predicted octanol–water partition coefficient (Wildman–Crippen LogP) is 4.45. The lowest BCUT2D eigenvalue weighted by molar-refractivity contribution is -0.119. The van der Waals surface area contributed by atoms with E-state index < -0.39 is 0 Å². The number of anilines is 1. The van der Waals surface area contributed by atoms with Crippen molar-refractivity contribution >= 4 is 38.4 Å². The molecule has 0 saturated carbocycles. The van der Waals surface area contributed by atoms with Crippen molar-refractivity contribution in [3.8, 4) is 5.69 Å². The van der Waals surface area contributed by atoms with E-state index in [2.05, 4.69) is 15.9 Å². The third-order valence-corrected chi connectivity index (χ3v) is 6.10. The van der Waals surface area contributed by atoms with Crippen molar-refractivity contribution in [3.05, 3.63) is 99.0 Å². The molecule has 0 saturated heterocycles. The van der Waals surface area contributed by atoms with Crippen LogP contribution in [0, 0.1) is 0 Å². The van der Waals surface area contributed by atoms with Crippen LogP contribution < -0.4 is 10.5 Å². The molecule has 1 unspecified atom stereocenters. The standard InChI is InChI=1S/C24H18BrN3O2/c1-27-21-13-15(25)11-12-17(21)19(23(27)29)14-22-26-20-10-6-5-9-18(20)24(30)28(22)16-7-3-2-4-8-16/h2-13,19H,14H2,1H3. The molecule has 0 fully saturated rings. The molecular weight excluding hydrogens is 442 g/mol. The van der Waals surface area contributed by atoms with Crippen LogP contribution in [-0.4, -0.2) is 22.5 Å². The number of nitrogens with zero attached hydrogens (tertiary/aromatic N) is 3. The van der Waals surface area contributed by atoms with Gasteiger partial charge in [0.25, 0.3) is 5.56 Å². The van der Waals surface area contributed by atoms with Gasteiger partial charge in [-0.1, -0.05) is 52.3 Å². The van der Waals surface area contributed by atoms with Crippen molar-refractivity contribution in [3.63, 3.8) is 0 Å². The molecule has 1 aliphatic heterocycles. The second-order valence-corrected chi connectivity index (χ2v) is 8.29. The van der Waals surface area contributed by atoms with E-state index in [1.807, 2.05) is 66.7 Å². The van der Waals surface area contributed by atoms with Crippen LogP contribution in [0.25, 0.3) is 16.6 Å². The van der Waals surface area contributed by atoms with Crippen LogP contribution in [0.4, 0.5) is 5.69 Å². The topological polar surface area (TPSA) is 55.2 Å². The molecule has 0 aliphatic carbocycles. The van der Waals surface area contributed by atoms with E-state index in [1.54, 1.807) is 22.6 Å². The highest BCUT2D eigenvalue weighted by molar-refractivity contribution is 9.10. The van der Waals surface area contributed by atoms with Gasteiger partial charge in [0.15, 0.2) is 0 Å². The van der Waals surface area contributed by atoms with Crippen molar-refractivity contribution in [2.45, 2.75) is 12.3 Å². The summed E-state index contributed by atoms with van der Waals surface area (Å²) in [7, 11) is 1.78. The van der Waals surface area contributed by atoms with Crippen LogP contribution in [0.3, 0.4) is 0 Å². The Hall–Kier alpha value is -3.25. The molecule has 1 aliphatic rings. The normalized spacial score (nSPS) is 15.6. The van der Waals surface area contributed by atoms with E-state index in [0.717, 1.165) is 21.4 Å². The van der Waals surface area contributed by atoms with E-state index in [9.17, 15) is 9.59 Å². The van der Waals surface area contributed by atoms with Crippen molar-refractivity contribution in [1.29, 1.82) is 0 Å². The lowest BCUT2D eigenvalue weighted by Crippen LogP contribution is -2.28. The number of carbonyl (C=O) groups is 1. The van der Waals surface area contributed by atoms with Gasteiger partial charge in [-0.2, -0.15) is 0 Å². The van der Waals surface area contributed by atoms with Gasteiger partial charge in [-0.15, -0.1) is 0 Å². The van der Waals surface area contributed by atoms with E-state index in [-0.39, 0.29) is 17.4 Å². The fraction of sp³-hybridized carbons (Fsp3) is 0.125. The van der Waals surface area contributed by atoms with Crippen molar-refractivity contribution in [2.24, 2.45) is 0 Å². The number of benzene rings is 3. The molecule has 5 nitrogen and oxygen atoms in total. The second-order valence-electron chi connectivity index (χ2n) is 7.38. The average molecular weight is 460 g/mol. The number of hydrogen-bond donors (Lipinski definition) is 0. The summed E-state index contributed by atoms with van der Waals surface area (Å²) >= 11 is 3.48. The van der Waals surface area contributed by atoms with Gasteiger partial charge in [-0.25, -0.2) is 4.98 Å². The quantitative estimate of drug-likeness (QED) is 0.454. The Kier molecular flexibility index (Phi) is 4.51. The van der Waals surface area contributed by atoms with Crippen molar-refractivity contribution in [2.75, 3.05) is 11.9 Å². The summed E-state index contributed by atoms with van der Waals surface area (Å²) in [5.41, 5.74) is 3.09. The number of hydrogen-bond acceptors (Lipinski definition) is 3. The van der Waals surface area contributed by atoms with Gasteiger partial charge < -0.3 is 4.90 Å². The molecule has 1 atom stereocenters. The third-order valence-electron chi connectivity index (χ3n) is 5.60. The Morgan fingerprint density at radius 3 is 2.50 bits per heavy atom. The maximum atomic E-state index is 13.4. The first-order valence-corrected chi connectivity index (χ1v) is 10.5. The SMILES string of the molecule is CN1C(=O)C(Cc2nc3ccccc3c(=O)n2-c2ccccc2)c2ccc(Br)cc21. The summed E-state index contributed by atoms with van der Waals surface area (Å²) in [6, 6.07) is 22.6. The van der Waals surface area contributed by atoms with E-state index >= 15 is 0 Å². The lowest BCUT2D eigenvalue weighted by Gasteiger charge is -2.16. The number of fused-ring (bicyclic) bond motifs is 2. The molecule has 1 amide bonds. The fourth-order valence-electron chi connectivity index (χ4n) is 4.13. The maximum absolute atomic E-state index is 13.4. The highest BCUT2D eigenvalue weighted by atomic mass is 79.9. The minimum atomic E-state index is -0.388. The molecule has 0 radical (unpaired) electrons. The van der Waals surface area contributed by atoms with Gasteiger partial charge in [-0.05, 0) is 42.0 Å². The maximum Gasteiger partial charge on any atom is 0.265 e. The molecule has 148 valence electrons. The van der Waals surface area contributed by atoms with Crippen LogP contribution in [0.15, 0.2) is 82.1 Å². The van der Waals surface area contributed by atoms with Gasteiger partial charge in [-0.3, -0.25) is 14.2 Å². The van der Waals surface area contributed by atoms with Gasteiger partial charge >= 0.3 is 0 Å². The number of rotatable bonds is 3. The molecule has 5 rings (SSSR count). The summed E-state index contributed by atoms with van der Waals surface area (Å²) in [4.78, 5) is 32.9. The summed E-state index contributed by atoms with van der Waals surface area (Å²) < 4.78 is 2.55. The van der Waals surface area contributed by atoms with Crippen LogP contribution in [0.1, 0.15) is 17.3 Å². The van der Waals surface area contributed by atoms with Gasteiger partial charge in [0, 0.05) is 23.6 Å². The van der Waals surface area contributed by atoms with Gasteiger partial charge in [0.1, 0.15) is 5.82 Å². The number of para-hydroxylation sites is 2. The Bertz CT molecular complexity index is 1350. The first kappa shape index (κ1) is 18.8. The zero-order chi connectivity index (χ0) is 20.8. The molecule has 6 heteroatoms. The Balaban J connectivity index is 1.70. The third kappa shape index (κ3) is 2.95. The van der Waals surface area contributed by atoms with Crippen LogP contribution in [0.5, 0.6) is 0 Å². The zero-order valence-electron chi connectivity index (χ0n) is 16.2. The first-order chi connectivity index (χ1) is 14.5. The minimum absolute atomic E-state index is 0.00474. The largest absolute Gasteiger partial charge is 0.315 e. The van der Waals surface area contributed by atoms with Crippen molar-refractivity contribution < 1.29 is 4.79 Å². The molecule has 0 N–H and O–H groups in total. The smallest absolute Gasteiger partial charge is 0.265 e. The lowest BCUT2D eigenvalue weighted by atomic mass is 9.96. The Morgan fingerprint density at radius 2 is 1.70 bits per heavy atom. The molecule has 4 aromatic rings. The molecule has 0 spiro atoms.